The molecule has 1 aromatic carbocycles. The minimum atomic E-state index is -3.35. The molecule has 1 aliphatic heterocycles. The van der Waals surface area contributed by atoms with E-state index in [2.05, 4.69) is 21.2 Å². The number of nitrogens with zero attached hydrogens (tertiary/aromatic N) is 1. The van der Waals surface area contributed by atoms with Crippen LogP contribution in [0, 0.1) is 0 Å². The smallest absolute Gasteiger partial charge is 0.241 e. The number of amides is 1. The van der Waals surface area contributed by atoms with Gasteiger partial charge in [-0.1, -0.05) is 15.9 Å². The molecular weight excluding hydrogens is 332 g/mol. The monoisotopic (exact) mass is 346 g/mol. The summed E-state index contributed by atoms with van der Waals surface area (Å²) in [6.07, 6.45) is 0. The highest BCUT2D eigenvalue weighted by atomic mass is 79.9. The van der Waals surface area contributed by atoms with Crippen LogP contribution in [0.25, 0.3) is 0 Å². The van der Waals surface area contributed by atoms with Crippen molar-refractivity contribution in [1.29, 1.82) is 0 Å². The highest BCUT2D eigenvalue weighted by Gasteiger charge is 2.36. The molecule has 0 saturated carbocycles. The van der Waals surface area contributed by atoms with Gasteiger partial charge in [0.05, 0.1) is 22.4 Å². The first-order chi connectivity index (χ1) is 8.87. The molecule has 1 atom stereocenters. The Labute approximate surface area is 121 Å². The highest BCUT2D eigenvalue weighted by molar-refractivity contribution is 9.10. The fourth-order valence-corrected chi connectivity index (χ4v) is 3.94. The van der Waals surface area contributed by atoms with Crippen molar-refractivity contribution in [3.8, 4) is 0 Å². The fraction of sp³-hybridized carbons (Fsp3) is 0.417. The van der Waals surface area contributed by atoms with Crippen LogP contribution < -0.4 is 10.2 Å². The van der Waals surface area contributed by atoms with Crippen LogP contribution in [0.2, 0.25) is 0 Å². The number of nitrogens with one attached hydrogen (secondary N) is 1. The maximum Gasteiger partial charge on any atom is 0.241 e. The standard InChI is InChI=1S/C12H15BrN2O3S/c1-8-7-15(12(16)6-14-2)10-5-9(13)3-4-11(10)19(8,17)18/h3-5,8,14H,6-7H2,1-2H3. The Morgan fingerprint density at radius 2 is 2.21 bits per heavy atom. The number of hydrogen-bond donors (Lipinski definition) is 1. The largest absolute Gasteiger partial charge is 0.311 e. The van der Waals surface area contributed by atoms with Crippen LogP contribution in [0.4, 0.5) is 5.69 Å². The van der Waals surface area contributed by atoms with E-state index >= 15 is 0 Å². The predicted octanol–water partition coefficient (Wildman–Crippen LogP) is 1.18. The van der Waals surface area contributed by atoms with Crippen LogP contribution in [-0.4, -0.2) is 39.7 Å². The van der Waals surface area contributed by atoms with Gasteiger partial charge in [-0.05, 0) is 32.2 Å². The second-order valence-electron chi connectivity index (χ2n) is 4.50. The first-order valence-corrected chi connectivity index (χ1v) is 8.20. The van der Waals surface area contributed by atoms with Crippen molar-refractivity contribution in [2.24, 2.45) is 0 Å². The van der Waals surface area contributed by atoms with Crippen molar-refractivity contribution in [3.63, 3.8) is 0 Å². The number of benzene rings is 1. The maximum absolute atomic E-state index is 12.3. The zero-order valence-electron chi connectivity index (χ0n) is 10.7. The molecular formula is C12H15BrN2O3S. The summed E-state index contributed by atoms with van der Waals surface area (Å²) in [5.74, 6) is -0.136. The molecule has 1 heterocycles. The van der Waals surface area contributed by atoms with E-state index in [0.29, 0.717) is 5.69 Å². The van der Waals surface area contributed by atoms with Crippen molar-refractivity contribution >= 4 is 37.4 Å². The van der Waals surface area contributed by atoms with E-state index < -0.39 is 15.1 Å². The molecule has 7 heteroatoms. The fourth-order valence-electron chi connectivity index (χ4n) is 2.10. The van der Waals surface area contributed by atoms with Gasteiger partial charge in [-0.3, -0.25) is 4.79 Å². The second-order valence-corrected chi connectivity index (χ2v) is 7.75. The molecule has 1 aliphatic rings. The summed E-state index contributed by atoms with van der Waals surface area (Å²) in [4.78, 5) is 13.8. The minimum absolute atomic E-state index is 0.136. The molecule has 0 bridgehead atoms. The molecule has 0 radical (unpaired) electrons. The molecule has 0 aliphatic carbocycles. The Balaban J connectivity index is 2.57. The van der Waals surface area contributed by atoms with E-state index in [1.807, 2.05) is 0 Å². The van der Waals surface area contributed by atoms with Gasteiger partial charge in [0, 0.05) is 11.0 Å². The summed E-state index contributed by atoms with van der Waals surface area (Å²) in [7, 11) is -1.67. The molecule has 0 spiro atoms. The van der Waals surface area contributed by atoms with Crippen molar-refractivity contribution < 1.29 is 13.2 Å². The van der Waals surface area contributed by atoms with E-state index in [0.717, 1.165) is 4.47 Å². The summed E-state index contributed by atoms with van der Waals surface area (Å²) < 4.78 is 25.3. The summed E-state index contributed by atoms with van der Waals surface area (Å²) in [5.41, 5.74) is 0.452. The molecule has 1 N–H and O–H groups in total. The number of rotatable bonds is 2. The van der Waals surface area contributed by atoms with Crippen LogP contribution in [0.3, 0.4) is 0 Å². The molecule has 0 saturated heterocycles. The number of fused-ring (bicyclic) bond motifs is 1. The summed E-state index contributed by atoms with van der Waals surface area (Å²) in [5, 5.41) is 2.20. The zero-order valence-corrected chi connectivity index (χ0v) is 13.1. The molecule has 1 amide bonds. The first-order valence-electron chi connectivity index (χ1n) is 5.86. The molecule has 2 rings (SSSR count). The Hall–Kier alpha value is -0.920. The average molecular weight is 347 g/mol. The van der Waals surface area contributed by atoms with Gasteiger partial charge in [0.25, 0.3) is 0 Å². The van der Waals surface area contributed by atoms with Crippen LogP contribution in [0.1, 0.15) is 6.92 Å². The van der Waals surface area contributed by atoms with Crippen molar-refractivity contribution in [2.45, 2.75) is 17.1 Å². The molecule has 19 heavy (non-hydrogen) atoms. The van der Waals surface area contributed by atoms with Crippen LogP contribution >= 0.6 is 15.9 Å². The maximum atomic E-state index is 12.3. The van der Waals surface area contributed by atoms with Gasteiger partial charge in [0.2, 0.25) is 5.91 Å². The summed E-state index contributed by atoms with van der Waals surface area (Å²) >= 11 is 3.31. The van der Waals surface area contributed by atoms with Gasteiger partial charge >= 0.3 is 0 Å². The van der Waals surface area contributed by atoms with E-state index in [4.69, 9.17) is 0 Å². The average Bonchev–Trinajstić information content (AvgIpc) is 2.34. The lowest BCUT2D eigenvalue weighted by Gasteiger charge is -2.33. The van der Waals surface area contributed by atoms with Gasteiger partial charge in [0.15, 0.2) is 9.84 Å². The normalized spacial score (nSPS) is 21.0. The molecule has 5 nitrogen and oxygen atoms in total. The first kappa shape index (κ1) is 14.5. The molecule has 1 unspecified atom stereocenters. The summed E-state index contributed by atoms with van der Waals surface area (Å²) in [6.45, 7) is 1.99. The van der Waals surface area contributed by atoms with E-state index in [1.54, 1.807) is 32.2 Å². The van der Waals surface area contributed by atoms with Gasteiger partial charge in [-0.15, -0.1) is 0 Å². The van der Waals surface area contributed by atoms with E-state index in [1.165, 1.54) is 4.90 Å². The number of halogens is 1. The van der Waals surface area contributed by atoms with Gasteiger partial charge in [0.1, 0.15) is 0 Å². The van der Waals surface area contributed by atoms with Crippen molar-refractivity contribution in [1.82, 2.24) is 5.32 Å². The van der Waals surface area contributed by atoms with Crippen LogP contribution in [0.5, 0.6) is 0 Å². The highest BCUT2D eigenvalue weighted by Crippen LogP contribution is 2.35. The Kier molecular flexibility index (Phi) is 3.98. The quantitative estimate of drug-likeness (QED) is 0.873. The van der Waals surface area contributed by atoms with Gasteiger partial charge in [-0.25, -0.2) is 8.42 Å². The van der Waals surface area contributed by atoms with Crippen molar-refractivity contribution in [3.05, 3.63) is 22.7 Å². The lowest BCUT2D eigenvalue weighted by molar-refractivity contribution is -0.117. The van der Waals surface area contributed by atoms with Gasteiger partial charge in [-0.2, -0.15) is 0 Å². The lowest BCUT2D eigenvalue weighted by Crippen LogP contribution is -2.47. The van der Waals surface area contributed by atoms with E-state index in [9.17, 15) is 13.2 Å². The number of carbonyl (C=O) groups is 1. The Bertz CT molecular complexity index is 615. The van der Waals surface area contributed by atoms with Crippen molar-refractivity contribution in [2.75, 3.05) is 25.0 Å². The molecule has 104 valence electrons. The number of likely N-dealkylation sites (N-methyl/N-ethyl adjacent to an activating group) is 1. The third-order valence-electron chi connectivity index (χ3n) is 3.12. The molecule has 1 aromatic rings. The number of sulfone groups is 1. The second kappa shape index (κ2) is 5.22. The predicted molar refractivity (Wildman–Crippen MR) is 77.1 cm³/mol. The third kappa shape index (κ3) is 2.54. The Morgan fingerprint density at radius 3 is 2.84 bits per heavy atom. The van der Waals surface area contributed by atoms with Crippen LogP contribution in [-0.2, 0) is 14.6 Å². The lowest BCUT2D eigenvalue weighted by atomic mass is 10.2. The minimum Gasteiger partial charge on any atom is -0.311 e. The molecule has 0 fully saturated rings. The topological polar surface area (TPSA) is 66.5 Å². The number of anilines is 1. The number of carbonyl (C=O) groups excluding carboxylic acids is 1. The van der Waals surface area contributed by atoms with E-state index in [-0.39, 0.29) is 23.9 Å². The third-order valence-corrected chi connectivity index (χ3v) is 5.78. The number of hydrogen-bond acceptors (Lipinski definition) is 4. The zero-order chi connectivity index (χ0) is 14.2. The SMILES string of the molecule is CNCC(=O)N1CC(C)S(=O)(=O)c2ccc(Br)cc21. The van der Waals surface area contributed by atoms with Gasteiger partial charge < -0.3 is 10.2 Å². The molecule has 0 aromatic heterocycles. The Morgan fingerprint density at radius 1 is 1.53 bits per heavy atom. The summed E-state index contributed by atoms with van der Waals surface area (Å²) in [6, 6.07) is 4.89. The van der Waals surface area contributed by atoms with Crippen LogP contribution in [0.15, 0.2) is 27.6 Å².